The quantitative estimate of drug-likeness (QED) is 0.866. The van der Waals surface area contributed by atoms with Crippen molar-refractivity contribution in [2.75, 3.05) is 24.5 Å². The maximum absolute atomic E-state index is 12.6. The van der Waals surface area contributed by atoms with Crippen LogP contribution >= 0.6 is 0 Å². The second-order valence-corrected chi connectivity index (χ2v) is 7.10. The van der Waals surface area contributed by atoms with Gasteiger partial charge in [0.05, 0.1) is 12.1 Å². The number of amides is 2. The number of carbonyl (C=O) groups is 2. The van der Waals surface area contributed by atoms with Crippen LogP contribution in [0.3, 0.4) is 0 Å². The van der Waals surface area contributed by atoms with Crippen LogP contribution < -0.4 is 10.2 Å². The number of hydrogen-bond acceptors (Lipinski definition) is 4. The van der Waals surface area contributed by atoms with E-state index < -0.39 is 12.1 Å². The molecule has 0 radical (unpaired) electrons. The Morgan fingerprint density at radius 1 is 1.28 bits per heavy atom. The first-order valence-electron chi connectivity index (χ1n) is 9.06. The third kappa shape index (κ3) is 3.95. The zero-order valence-electron chi connectivity index (χ0n) is 14.9. The van der Waals surface area contributed by atoms with Crippen molar-refractivity contribution in [1.82, 2.24) is 10.2 Å². The van der Waals surface area contributed by atoms with Crippen LogP contribution in [0.2, 0.25) is 0 Å². The number of benzene rings is 1. The molecule has 2 heterocycles. The molecule has 1 unspecified atom stereocenters. The van der Waals surface area contributed by atoms with Gasteiger partial charge in [0.25, 0.3) is 0 Å². The Labute approximate surface area is 148 Å². The summed E-state index contributed by atoms with van der Waals surface area (Å²) in [4.78, 5) is 28.1. The summed E-state index contributed by atoms with van der Waals surface area (Å²) in [5.41, 5.74) is 2.24. The van der Waals surface area contributed by atoms with E-state index in [9.17, 15) is 14.7 Å². The second kappa shape index (κ2) is 7.44. The first-order chi connectivity index (χ1) is 12.0. The standard InChI is InChI=1S/C19H27N3O3/c1-13(15-6-5-7-16(10-15)21-8-3-4-9-21)20-19(25)18-11-17(24)12-22(18)14(2)23/h5-7,10,13,17-18,24H,3-4,8-9,11-12H2,1-2H3,(H,20,25)/t13?,17-,18+/m0/s1. The molecule has 2 aliphatic heterocycles. The van der Waals surface area contributed by atoms with E-state index in [4.69, 9.17) is 0 Å². The molecule has 1 aromatic carbocycles. The van der Waals surface area contributed by atoms with Crippen molar-refractivity contribution in [2.24, 2.45) is 0 Å². The molecule has 2 fully saturated rings. The molecule has 136 valence electrons. The van der Waals surface area contributed by atoms with E-state index in [-0.39, 0.29) is 24.4 Å². The van der Waals surface area contributed by atoms with Gasteiger partial charge >= 0.3 is 0 Å². The zero-order valence-corrected chi connectivity index (χ0v) is 14.9. The molecule has 0 aliphatic carbocycles. The fourth-order valence-corrected chi connectivity index (χ4v) is 3.77. The Morgan fingerprint density at radius 2 is 2.00 bits per heavy atom. The van der Waals surface area contributed by atoms with Crippen LogP contribution in [0, 0.1) is 0 Å². The minimum Gasteiger partial charge on any atom is -0.391 e. The minimum atomic E-state index is -0.631. The molecule has 1 aromatic rings. The normalized spacial score (nSPS) is 24.4. The van der Waals surface area contributed by atoms with E-state index in [0.29, 0.717) is 6.42 Å². The molecule has 25 heavy (non-hydrogen) atoms. The fraction of sp³-hybridized carbons (Fsp3) is 0.579. The number of nitrogens with one attached hydrogen (secondary N) is 1. The molecule has 2 amide bonds. The van der Waals surface area contributed by atoms with Crippen LogP contribution in [0.15, 0.2) is 24.3 Å². The van der Waals surface area contributed by atoms with Gasteiger partial charge in [0.1, 0.15) is 6.04 Å². The van der Waals surface area contributed by atoms with Gasteiger partial charge < -0.3 is 20.2 Å². The van der Waals surface area contributed by atoms with Gasteiger partial charge in [0.15, 0.2) is 0 Å². The molecule has 3 rings (SSSR count). The maximum atomic E-state index is 12.6. The first-order valence-corrected chi connectivity index (χ1v) is 9.06. The molecule has 0 aromatic heterocycles. The molecule has 2 N–H and O–H groups in total. The highest BCUT2D eigenvalue weighted by Gasteiger charge is 2.37. The number of aliphatic hydroxyl groups excluding tert-OH is 1. The summed E-state index contributed by atoms with van der Waals surface area (Å²) in [7, 11) is 0. The Balaban J connectivity index is 1.67. The molecule has 0 bridgehead atoms. The molecule has 6 heteroatoms. The topological polar surface area (TPSA) is 72.9 Å². The number of β-amino-alcohol motifs (C(OH)–C–C–N with tert-alkyl or cyclic N) is 1. The third-order valence-electron chi connectivity index (χ3n) is 5.19. The summed E-state index contributed by atoms with van der Waals surface area (Å²) in [6.45, 7) is 5.77. The van der Waals surface area contributed by atoms with E-state index in [1.807, 2.05) is 19.1 Å². The molecule has 2 aliphatic rings. The van der Waals surface area contributed by atoms with E-state index in [1.165, 1.54) is 30.4 Å². The Kier molecular flexibility index (Phi) is 5.27. The highest BCUT2D eigenvalue weighted by atomic mass is 16.3. The summed E-state index contributed by atoms with van der Waals surface area (Å²) in [6, 6.07) is 7.53. The van der Waals surface area contributed by atoms with Gasteiger partial charge in [-0.2, -0.15) is 0 Å². The lowest BCUT2D eigenvalue weighted by molar-refractivity contribution is -0.137. The predicted octanol–water partition coefficient (Wildman–Crippen LogP) is 1.45. The number of carbonyl (C=O) groups excluding carboxylic acids is 2. The lowest BCUT2D eigenvalue weighted by atomic mass is 10.1. The molecule has 3 atom stereocenters. The monoisotopic (exact) mass is 345 g/mol. The van der Waals surface area contributed by atoms with Crippen LogP contribution in [0.5, 0.6) is 0 Å². The van der Waals surface area contributed by atoms with Gasteiger partial charge in [-0.15, -0.1) is 0 Å². The Hall–Kier alpha value is -2.08. The molecule has 0 spiro atoms. The summed E-state index contributed by atoms with van der Waals surface area (Å²) in [6.07, 6.45) is 2.11. The van der Waals surface area contributed by atoms with E-state index in [2.05, 4.69) is 22.3 Å². The van der Waals surface area contributed by atoms with Gasteiger partial charge in [-0.25, -0.2) is 0 Å². The smallest absolute Gasteiger partial charge is 0.243 e. The van der Waals surface area contributed by atoms with Crippen LogP contribution in [-0.2, 0) is 9.59 Å². The zero-order chi connectivity index (χ0) is 18.0. The maximum Gasteiger partial charge on any atom is 0.243 e. The van der Waals surface area contributed by atoms with Gasteiger partial charge in [0.2, 0.25) is 11.8 Å². The lowest BCUT2D eigenvalue weighted by Crippen LogP contribution is -2.45. The minimum absolute atomic E-state index is 0.151. The molecular weight excluding hydrogens is 318 g/mol. The number of rotatable bonds is 4. The number of hydrogen-bond donors (Lipinski definition) is 2. The van der Waals surface area contributed by atoms with Crippen molar-refractivity contribution in [3.05, 3.63) is 29.8 Å². The number of likely N-dealkylation sites (tertiary alicyclic amines) is 1. The number of nitrogens with zero attached hydrogens (tertiary/aromatic N) is 2. The molecule has 2 saturated heterocycles. The average Bonchev–Trinajstić information content (AvgIpc) is 3.24. The van der Waals surface area contributed by atoms with Crippen molar-refractivity contribution in [2.45, 2.75) is 51.3 Å². The molecule has 6 nitrogen and oxygen atoms in total. The van der Waals surface area contributed by atoms with Crippen molar-refractivity contribution in [3.63, 3.8) is 0 Å². The van der Waals surface area contributed by atoms with Gasteiger partial charge in [0, 0.05) is 38.7 Å². The van der Waals surface area contributed by atoms with E-state index in [1.54, 1.807) is 0 Å². The van der Waals surface area contributed by atoms with Crippen LogP contribution in [0.1, 0.15) is 44.7 Å². The summed E-state index contributed by atoms with van der Waals surface area (Å²) in [5.74, 6) is -0.383. The van der Waals surface area contributed by atoms with Crippen molar-refractivity contribution < 1.29 is 14.7 Å². The van der Waals surface area contributed by atoms with Crippen molar-refractivity contribution >= 4 is 17.5 Å². The first kappa shape index (κ1) is 17.7. The predicted molar refractivity (Wildman–Crippen MR) is 96.2 cm³/mol. The van der Waals surface area contributed by atoms with Crippen molar-refractivity contribution in [3.8, 4) is 0 Å². The highest BCUT2D eigenvalue weighted by Crippen LogP contribution is 2.25. The van der Waals surface area contributed by atoms with Gasteiger partial charge in [-0.3, -0.25) is 9.59 Å². The van der Waals surface area contributed by atoms with Gasteiger partial charge in [-0.1, -0.05) is 12.1 Å². The second-order valence-electron chi connectivity index (χ2n) is 7.10. The molecule has 0 saturated carbocycles. The lowest BCUT2D eigenvalue weighted by Gasteiger charge is -2.25. The summed E-state index contributed by atoms with van der Waals surface area (Å²) in [5, 5.41) is 12.8. The van der Waals surface area contributed by atoms with Crippen molar-refractivity contribution in [1.29, 1.82) is 0 Å². The Morgan fingerprint density at radius 3 is 2.68 bits per heavy atom. The summed E-state index contributed by atoms with van der Waals surface area (Å²) >= 11 is 0. The Bertz CT molecular complexity index is 643. The van der Waals surface area contributed by atoms with Crippen LogP contribution in [0.4, 0.5) is 5.69 Å². The number of aliphatic hydroxyl groups is 1. The van der Waals surface area contributed by atoms with Crippen LogP contribution in [-0.4, -0.2) is 53.6 Å². The molecular formula is C19H27N3O3. The highest BCUT2D eigenvalue weighted by molar-refractivity contribution is 5.87. The van der Waals surface area contributed by atoms with E-state index >= 15 is 0 Å². The van der Waals surface area contributed by atoms with E-state index in [0.717, 1.165) is 18.7 Å². The third-order valence-corrected chi connectivity index (χ3v) is 5.19. The average molecular weight is 345 g/mol. The van der Waals surface area contributed by atoms with Crippen LogP contribution in [0.25, 0.3) is 0 Å². The SMILES string of the molecule is CC(=O)N1C[C@@H](O)C[C@@H]1C(=O)NC(C)c1cccc(N2CCCC2)c1. The fourth-order valence-electron chi connectivity index (χ4n) is 3.77. The number of anilines is 1. The van der Waals surface area contributed by atoms with Gasteiger partial charge in [-0.05, 0) is 37.5 Å². The largest absolute Gasteiger partial charge is 0.391 e. The summed E-state index contributed by atoms with van der Waals surface area (Å²) < 4.78 is 0.